The normalized spacial score (nSPS) is 16.0. The second kappa shape index (κ2) is 11.3. The summed E-state index contributed by atoms with van der Waals surface area (Å²) in [5.74, 6) is 0.193. The number of aromatic nitrogens is 1. The summed E-state index contributed by atoms with van der Waals surface area (Å²) in [4.78, 5) is 23.3. The summed E-state index contributed by atoms with van der Waals surface area (Å²) in [5.41, 5.74) is -0.904. The van der Waals surface area contributed by atoms with E-state index in [9.17, 15) is 18.0 Å². The van der Waals surface area contributed by atoms with Crippen molar-refractivity contribution in [3.8, 4) is 0 Å². The first-order chi connectivity index (χ1) is 13.8. The molecule has 2 heterocycles. The second-order valence-electron chi connectivity index (χ2n) is 6.67. The summed E-state index contributed by atoms with van der Waals surface area (Å²) in [5, 5.41) is 7.35. The fourth-order valence-corrected chi connectivity index (χ4v) is 3.22. The van der Waals surface area contributed by atoms with Crippen LogP contribution in [0.3, 0.4) is 0 Å². The van der Waals surface area contributed by atoms with E-state index in [4.69, 9.17) is 4.74 Å². The minimum absolute atomic E-state index is 0.0581. The molecule has 1 aliphatic rings. The molecule has 1 saturated heterocycles. The predicted octanol–water partition coefficient (Wildman–Crippen LogP) is 1.01. The fraction of sp³-hybridized carbons (Fsp3) is 0.706. The van der Waals surface area contributed by atoms with E-state index in [1.54, 1.807) is 14.1 Å². The van der Waals surface area contributed by atoms with Crippen LogP contribution in [0.5, 0.6) is 0 Å². The Bertz CT molecular complexity index is 674. The van der Waals surface area contributed by atoms with Gasteiger partial charge in [0, 0.05) is 39.1 Å². The van der Waals surface area contributed by atoms with E-state index in [-0.39, 0.29) is 19.0 Å². The number of ether oxygens (including phenoxy) is 1. The van der Waals surface area contributed by atoms with Gasteiger partial charge in [0.2, 0.25) is 5.91 Å². The molecule has 1 amide bonds. The van der Waals surface area contributed by atoms with Gasteiger partial charge in [0.1, 0.15) is 11.6 Å². The van der Waals surface area contributed by atoms with Crippen LogP contribution < -0.4 is 10.6 Å². The molecule has 164 valence electrons. The van der Waals surface area contributed by atoms with E-state index >= 15 is 0 Å². The van der Waals surface area contributed by atoms with E-state index in [1.165, 1.54) is 4.90 Å². The Morgan fingerprint density at radius 2 is 2.07 bits per heavy atom. The highest BCUT2D eigenvalue weighted by Gasteiger charge is 2.33. The maximum atomic E-state index is 12.7. The van der Waals surface area contributed by atoms with E-state index in [0.29, 0.717) is 17.5 Å². The molecular weight excluding hydrogens is 409 g/mol. The van der Waals surface area contributed by atoms with Crippen molar-refractivity contribution in [3.63, 3.8) is 0 Å². The number of nitrogens with one attached hydrogen (secondary N) is 2. The third-order valence-electron chi connectivity index (χ3n) is 4.17. The fourth-order valence-electron chi connectivity index (χ4n) is 2.48. The van der Waals surface area contributed by atoms with Gasteiger partial charge < -0.3 is 20.3 Å². The van der Waals surface area contributed by atoms with Gasteiger partial charge in [-0.25, -0.2) is 9.98 Å². The number of rotatable bonds is 8. The number of likely N-dealkylation sites (N-methyl/N-ethyl adjacent to an activating group) is 1. The van der Waals surface area contributed by atoms with Crippen LogP contribution >= 0.6 is 11.3 Å². The van der Waals surface area contributed by atoms with Crippen LogP contribution in [0.4, 0.5) is 13.2 Å². The number of guanidine groups is 1. The van der Waals surface area contributed by atoms with Gasteiger partial charge in [-0.05, 0) is 13.0 Å². The monoisotopic (exact) mass is 436 g/mol. The van der Waals surface area contributed by atoms with Gasteiger partial charge in [0.25, 0.3) is 0 Å². The van der Waals surface area contributed by atoms with E-state index in [0.717, 1.165) is 56.0 Å². The third kappa shape index (κ3) is 8.54. The Balaban J connectivity index is 1.85. The highest BCUT2D eigenvalue weighted by molar-refractivity contribution is 7.09. The van der Waals surface area contributed by atoms with Crippen LogP contribution in [0.1, 0.15) is 17.1 Å². The predicted molar refractivity (Wildman–Crippen MR) is 105 cm³/mol. The molecule has 0 atom stereocenters. The maximum absolute atomic E-state index is 12.7. The molecule has 8 nitrogen and oxygen atoms in total. The minimum atomic E-state index is -4.46. The molecule has 2 N–H and O–H groups in total. The van der Waals surface area contributed by atoms with Crippen LogP contribution in [0.15, 0.2) is 10.4 Å². The average Bonchev–Trinajstić information content (AvgIpc) is 3.16. The number of hydrogen-bond acceptors (Lipinski definition) is 6. The molecule has 0 saturated carbocycles. The van der Waals surface area contributed by atoms with Gasteiger partial charge >= 0.3 is 6.18 Å². The van der Waals surface area contributed by atoms with Crippen molar-refractivity contribution in [3.05, 3.63) is 16.1 Å². The van der Waals surface area contributed by atoms with Gasteiger partial charge in [-0.3, -0.25) is 9.69 Å². The van der Waals surface area contributed by atoms with Crippen molar-refractivity contribution < 1.29 is 22.7 Å². The van der Waals surface area contributed by atoms with Crippen LogP contribution in [-0.4, -0.2) is 86.7 Å². The quantitative estimate of drug-likeness (QED) is 0.360. The number of amides is 1. The Morgan fingerprint density at radius 3 is 2.69 bits per heavy atom. The second-order valence-corrected chi connectivity index (χ2v) is 7.61. The van der Waals surface area contributed by atoms with Gasteiger partial charge in [-0.15, -0.1) is 11.3 Å². The maximum Gasteiger partial charge on any atom is 0.434 e. The highest BCUT2D eigenvalue weighted by atomic mass is 32.1. The molecule has 0 unspecified atom stereocenters. The lowest BCUT2D eigenvalue weighted by atomic mass is 10.3. The Kier molecular flexibility index (Phi) is 9.11. The van der Waals surface area contributed by atoms with Crippen molar-refractivity contribution in [2.75, 3.05) is 60.0 Å². The molecule has 12 heteroatoms. The van der Waals surface area contributed by atoms with Gasteiger partial charge in [-0.1, -0.05) is 0 Å². The van der Waals surface area contributed by atoms with E-state index in [1.807, 2.05) is 0 Å². The number of alkyl halides is 3. The largest absolute Gasteiger partial charge is 0.434 e. The number of morpholine rings is 1. The van der Waals surface area contributed by atoms with Gasteiger partial charge in [0.15, 0.2) is 11.7 Å². The van der Waals surface area contributed by atoms with Crippen LogP contribution in [0.25, 0.3) is 0 Å². The molecule has 1 aliphatic heterocycles. The van der Waals surface area contributed by atoms with Crippen molar-refractivity contribution in [1.82, 2.24) is 25.4 Å². The number of thiazole rings is 1. The summed E-state index contributed by atoms with van der Waals surface area (Å²) < 4.78 is 43.4. The summed E-state index contributed by atoms with van der Waals surface area (Å²) in [6, 6.07) is 0. The van der Waals surface area contributed by atoms with E-state index in [2.05, 4.69) is 25.5 Å². The first-order valence-electron chi connectivity index (χ1n) is 9.29. The van der Waals surface area contributed by atoms with Crippen molar-refractivity contribution in [1.29, 1.82) is 0 Å². The summed E-state index contributed by atoms with van der Waals surface area (Å²) in [7, 11) is 3.27. The number of nitrogens with zero attached hydrogens (tertiary/aromatic N) is 4. The molecule has 2 rings (SSSR count). The first kappa shape index (κ1) is 23.4. The number of halogens is 3. The SMILES string of the molecule is CN(C)C(=O)CN=C(NCCCN1CCOCC1)NCc1nc(C(F)(F)F)cs1. The van der Waals surface area contributed by atoms with Gasteiger partial charge in [0.05, 0.1) is 19.8 Å². The van der Waals surface area contributed by atoms with Gasteiger partial charge in [-0.2, -0.15) is 13.2 Å². The zero-order valence-corrected chi connectivity index (χ0v) is 17.4. The smallest absolute Gasteiger partial charge is 0.379 e. The molecular formula is C17H27F3N6O2S. The molecule has 0 aliphatic carbocycles. The van der Waals surface area contributed by atoms with Crippen molar-refractivity contribution in [2.24, 2.45) is 4.99 Å². The molecule has 0 radical (unpaired) electrons. The molecule has 0 aromatic carbocycles. The molecule has 0 bridgehead atoms. The molecule has 1 fully saturated rings. The van der Waals surface area contributed by atoms with Crippen LogP contribution in [0.2, 0.25) is 0 Å². The highest BCUT2D eigenvalue weighted by Crippen LogP contribution is 2.29. The van der Waals surface area contributed by atoms with Crippen LogP contribution in [0, 0.1) is 0 Å². The van der Waals surface area contributed by atoms with Crippen molar-refractivity contribution >= 4 is 23.2 Å². The van der Waals surface area contributed by atoms with E-state index < -0.39 is 11.9 Å². The Labute approximate surface area is 172 Å². The molecule has 1 aromatic heterocycles. The molecule has 0 spiro atoms. The van der Waals surface area contributed by atoms with Crippen LogP contribution in [-0.2, 0) is 22.3 Å². The lowest BCUT2D eigenvalue weighted by Crippen LogP contribution is -2.41. The topological polar surface area (TPSA) is 82.1 Å². The summed E-state index contributed by atoms with van der Waals surface area (Å²) >= 11 is 0.925. The summed E-state index contributed by atoms with van der Waals surface area (Å²) in [6.07, 6.45) is -3.60. The summed E-state index contributed by atoms with van der Waals surface area (Å²) in [6.45, 7) is 4.84. The average molecular weight is 437 g/mol. The lowest BCUT2D eigenvalue weighted by molar-refractivity contribution is -0.140. The zero-order valence-electron chi connectivity index (χ0n) is 16.6. The number of carbonyl (C=O) groups is 1. The lowest BCUT2D eigenvalue weighted by Gasteiger charge is -2.26. The zero-order chi connectivity index (χ0) is 21.3. The number of hydrogen-bond donors (Lipinski definition) is 2. The Hall–Kier alpha value is -1.92. The Morgan fingerprint density at radius 1 is 1.34 bits per heavy atom. The third-order valence-corrected chi connectivity index (χ3v) is 5.02. The standard InChI is InChI=1S/C17H27F3N6O2S/c1-25(2)15(27)11-23-16(21-4-3-5-26-6-8-28-9-7-26)22-10-14-24-13(12-29-14)17(18,19)20/h12H,3-11H2,1-2H3,(H2,21,22,23). The molecule has 29 heavy (non-hydrogen) atoms. The minimum Gasteiger partial charge on any atom is -0.379 e. The van der Waals surface area contributed by atoms with Crippen molar-refractivity contribution in [2.45, 2.75) is 19.1 Å². The molecule has 1 aromatic rings. The first-order valence-corrected chi connectivity index (χ1v) is 10.2. The number of carbonyl (C=O) groups excluding carboxylic acids is 1. The number of aliphatic imine (C=N–C) groups is 1.